The molecule has 0 aliphatic carbocycles. The van der Waals surface area contributed by atoms with Gasteiger partial charge in [-0.15, -0.1) is 33.3 Å². The second-order valence-corrected chi connectivity index (χ2v) is 11.4. The molecule has 0 saturated carbocycles. The number of ether oxygens (including phenoxy) is 1. The number of aryl methyl sites for hydroxylation is 2. The zero-order chi connectivity index (χ0) is 27.1. The summed E-state index contributed by atoms with van der Waals surface area (Å²) in [6.07, 6.45) is 0. The number of nitrogens with zero attached hydrogens (tertiary/aromatic N) is 3. The molecule has 0 aliphatic heterocycles. The van der Waals surface area contributed by atoms with Gasteiger partial charge in [-0.2, -0.15) is 0 Å². The monoisotopic (exact) mass is 566 g/mol. The smallest absolute Gasteiger partial charge is 0.341 e. The first-order valence-corrected chi connectivity index (χ1v) is 15.1. The minimum absolute atomic E-state index is 0.142. The van der Waals surface area contributed by atoms with Crippen LogP contribution in [-0.2, 0) is 21.8 Å². The average molecular weight is 567 g/mol. The lowest BCUT2D eigenvalue weighted by atomic mass is 10.0. The van der Waals surface area contributed by atoms with Crippen molar-refractivity contribution in [3.05, 3.63) is 76.4 Å². The highest BCUT2D eigenvalue weighted by atomic mass is 32.2. The summed E-state index contributed by atoms with van der Waals surface area (Å²) in [5.41, 5.74) is 4.39. The molecule has 4 aromatic rings. The van der Waals surface area contributed by atoms with Crippen LogP contribution in [0.5, 0.6) is 0 Å². The molecular formula is C28H30N4O3S3. The molecule has 1 amide bonds. The normalized spacial score (nSPS) is 10.9. The van der Waals surface area contributed by atoms with Crippen LogP contribution in [0.15, 0.2) is 64.0 Å². The first-order valence-electron chi connectivity index (χ1n) is 12.3. The Morgan fingerprint density at radius 3 is 2.32 bits per heavy atom. The van der Waals surface area contributed by atoms with Crippen LogP contribution < -0.4 is 5.32 Å². The molecule has 0 saturated heterocycles. The number of thioether (sulfide) groups is 2. The minimum Gasteiger partial charge on any atom is -0.462 e. The number of amides is 1. The van der Waals surface area contributed by atoms with E-state index in [1.54, 1.807) is 18.7 Å². The average Bonchev–Trinajstić information content (AvgIpc) is 3.51. The van der Waals surface area contributed by atoms with Crippen LogP contribution in [-0.4, -0.2) is 39.0 Å². The van der Waals surface area contributed by atoms with Crippen LogP contribution in [0.25, 0.3) is 11.1 Å². The van der Waals surface area contributed by atoms with Gasteiger partial charge in [0.15, 0.2) is 5.16 Å². The summed E-state index contributed by atoms with van der Waals surface area (Å²) in [5, 5.41) is 14.7. The highest BCUT2D eigenvalue weighted by Gasteiger charge is 2.23. The van der Waals surface area contributed by atoms with Crippen molar-refractivity contribution in [1.82, 2.24) is 14.8 Å². The number of anilines is 1. The molecule has 198 valence electrons. The Morgan fingerprint density at radius 1 is 0.974 bits per heavy atom. The lowest BCUT2D eigenvalue weighted by Crippen LogP contribution is -2.17. The van der Waals surface area contributed by atoms with Gasteiger partial charge < -0.3 is 14.6 Å². The standard InChI is InChI=1S/C28H30N4O3S3/c1-5-32-23(16-36-21-13-9-19(4)10-14-21)30-31-28(32)38-17-24(33)29-26-25(27(34)35-6-2)22(15-37-26)20-11-7-18(3)8-12-20/h7-15H,5-6,16-17H2,1-4H3,(H,29,33). The van der Waals surface area contributed by atoms with Gasteiger partial charge in [-0.25, -0.2) is 4.79 Å². The van der Waals surface area contributed by atoms with Gasteiger partial charge in [0, 0.05) is 22.4 Å². The van der Waals surface area contributed by atoms with E-state index in [-0.39, 0.29) is 18.3 Å². The van der Waals surface area contributed by atoms with Crippen LogP contribution >= 0.6 is 34.9 Å². The van der Waals surface area contributed by atoms with Gasteiger partial charge in [-0.3, -0.25) is 4.79 Å². The lowest BCUT2D eigenvalue weighted by Gasteiger charge is -2.10. The van der Waals surface area contributed by atoms with Crippen molar-refractivity contribution < 1.29 is 14.3 Å². The van der Waals surface area contributed by atoms with Gasteiger partial charge in [0.25, 0.3) is 0 Å². The van der Waals surface area contributed by atoms with Gasteiger partial charge in [-0.05, 0) is 45.4 Å². The van der Waals surface area contributed by atoms with E-state index >= 15 is 0 Å². The second kappa shape index (κ2) is 13.1. The molecule has 0 radical (unpaired) electrons. The molecule has 0 spiro atoms. The highest BCUT2D eigenvalue weighted by Crippen LogP contribution is 2.36. The summed E-state index contributed by atoms with van der Waals surface area (Å²) in [6.45, 7) is 8.85. The zero-order valence-electron chi connectivity index (χ0n) is 21.8. The maximum absolute atomic E-state index is 12.9. The number of benzene rings is 2. The van der Waals surface area contributed by atoms with E-state index in [1.807, 2.05) is 48.1 Å². The maximum Gasteiger partial charge on any atom is 0.341 e. The quantitative estimate of drug-likeness (QED) is 0.157. The molecule has 38 heavy (non-hydrogen) atoms. The predicted molar refractivity (Wildman–Crippen MR) is 156 cm³/mol. The van der Waals surface area contributed by atoms with E-state index in [0.29, 0.717) is 28.0 Å². The van der Waals surface area contributed by atoms with Crippen LogP contribution in [0.1, 0.15) is 41.2 Å². The Bertz CT molecular complexity index is 1400. The summed E-state index contributed by atoms with van der Waals surface area (Å²) in [4.78, 5) is 26.9. The Kier molecular flexibility index (Phi) is 9.65. The molecule has 0 bridgehead atoms. The van der Waals surface area contributed by atoms with Crippen molar-refractivity contribution in [1.29, 1.82) is 0 Å². The molecule has 0 unspecified atom stereocenters. The van der Waals surface area contributed by atoms with Gasteiger partial charge in [0.2, 0.25) is 5.91 Å². The van der Waals surface area contributed by atoms with Crippen molar-refractivity contribution in [2.24, 2.45) is 0 Å². The first-order chi connectivity index (χ1) is 18.4. The van der Waals surface area contributed by atoms with Crippen LogP contribution in [0, 0.1) is 13.8 Å². The van der Waals surface area contributed by atoms with Gasteiger partial charge in [-0.1, -0.05) is 59.3 Å². The number of aromatic nitrogens is 3. The number of hydrogen-bond acceptors (Lipinski definition) is 8. The molecule has 1 N–H and O–H groups in total. The second-order valence-electron chi connectivity index (χ2n) is 8.52. The molecule has 2 aromatic carbocycles. The summed E-state index contributed by atoms with van der Waals surface area (Å²) in [5.74, 6) is 1.03. The Morgan fingerprint density at radius 2 is 1.66 bits per heavy atom. The minimum atomic E-state index is -0.450. The van der Waals surface area contributed by atoms with Gasteiger partial charge >= 0.3 is 5.97 Å². The van der Waals surface area contributed by atoms with Crippen molar-refractivity contribution in [2.75, 3.05) is 17.7 Å². The molecule has 2 heterocycles. The van der Waals surface area contributed by atoms with Crippen molar-refractivity contribution >= 4 is 51.7 Å². The van der Waals surface area contributed by atoms with Crippen LogP contribution in [0.4, 0.5) is 5.00 Å². The number of carbonyl (C=O) groups is 2. The fraction of sp³-hybridized carbons (Fsp3) is 0.286. The van der Waals surface area contributed by atoms with Crippen molar-refractivity contribution in [3.8, 4) is 11.1 Å². The van der Waals surface area contributed by atoms with Crippen molar-refractivity contribution in [2.45, 2.75) is 50.0 Å². The number of esters is 1. The molecule has 7 nitrogen and oxygen atoms in total. The van der Waals surface area contributed by atoms with Crippen molar-refractivity contribution in [3.63, 3.8) is 0 Å². The number of nitrogens with one attached hydrogen (secondary N) is 1. The molecule has 0 aliphatic rings. The Hall–Kier alpha value is -3.08. The van der Waals surface area contributed by atoms with E-state index in [2.05, 4.69) is 46.7 Å². The maximum atomic E-state index is 12.9. The van der Waals surface area contributed by atoms with E-state index in [0.717, 1.165) is 22.5 Å². The largest absolute Gasteiger partial charge is 0.462 e. The van der Waals surface area contributed by atoms with E-state index < -0.39 is 5.97 Å². The highest BCUT2D eigenvalue weighted by molar-refractivity contribution is 7.99. The summed E-state index contributed by atoms with van der Waals surface area (Å²) in [7, 11) is 0. The Balaban J connectivity index is 1.43. The van der Waals surface area contributed by atoms with E-state index in [1.165, 1.54) is 33.6 Å². The first kappa shape index (κ1) is 27.9. The molecule has 0 atom stereocenters. The predicted octanol–water partition coefficient (Wildman–Crippen LogP) is 6.84. The molecular weight excluding hydrogens is 537 g/mol. The molecule has 0 fully saturated rings. The number of thiophene rings is 1. The SMILES string of the molecule is CCOC(=O)c1c(-c2ccc(C)cc2)csc1NC(=O)CSc1nnc(CSc2ccc(C)cc2)n1CC. The Labute approximate surface area is 235 Å². The van der Waals surface area contributed by atoms with E-state index in [9.17, 15) is 9.59 Å². The zero-order valence-corrected chi connectivity index (χ0v) is 24.3. The van der Waals surface area contributed by atoms with Crippen LogP contribution in [0.3, 0.4) is 0 Å². The third-order valence-electron chi connectivity index (χ3n) is 5.72. The molecule has 2 aromatic heterocycles. The third-order valence-corrected chi connectivity index (χ3v) is 8.59. The fourth-order valence-electron chi connectivity index (χ4n) is 3.73. The van der Waals surface area contributed by atoms with Gasteiger partial charge in [0.05, 0.1) is 18.1 Å². The number of carbonyl (C=O) groups excluding carboxylic acids is 2. The summed E-state index contributed by atoms with van der Waals surface area (Å²) in [6, 6.07) is 16.3. The number of rotatable bonds is 11. The summed E-state index contributed by atoms with van der Waals surface area (Å²) >= 11 is 4.35. The fourth-order valence-corrected chi connectivity index (χ4v) is 6.36. The topological polar surface area (TPSA) is 86.1 Å². The lowest BCUT2D eigenvalue weighted by molar-refractivity contribution is -0.113. The van der Waals surface area contributed by atoms with E-state index in [4.69, 9.17) is 4.74 Å². The number of hydrogen-bond donors (Lipinski definition) is 1. The third kappa shape index (κ3) is 6.86. The van der Waals surface area contributed by atoms with Gasteiger partial charge in [0.1, 0.15) is 16.4 Å². The summed E-state index contributed by atoms with van der Waals surface area (Å²) < 4.78 is 7.34. The molecule has 4 rings (SSSR count). The molecule has 10 heteroatoms. The van der Waals surface area contributed by atoms with Crippen LogP contribution in [0.2, 0.25) is 0 Å².